The van der Waals surface area contributed by atoms with E-state index in [0.29, 0.717) is 18.0 Å². The molecule has 3 unspecified atom stereocenters. The molecule has 3 atom stereocenters. The van der Waals surface area contributed by atoms with Gasteiger partial charge in [-0.25, -0.2) is 13.1 Å². The van der Waals surface area contributed by atoms with E-state index >= 15 is 0 Å². The molecule has 2 N–H and O–H groups in total. The first-order valence-electron chi connectivity index (χ1n) is 10.3. The second-order valence-electron chi connectivity index (χ2n) is 8.17. The number of pyridine rings is 1. The maximum absolute atomic E-state index is 12.5. The summed E-state index contributed by atoms with van der Waals surface area (Å²) in [6, 6.07) is 9.49. The van der Waals surface area contributed by atoms with Gasteiger partial charge in [-0.05, 0) is 78.8 Å². The summed E-state index contributed by atoms with van der Waals surface area (Å²) >= 11 is 0. The summed E-state index contributed by atoms with van der Waals surface area (Å²) in [5.41, 5.74) is 3.28. The third-order valence-electron chi connectivity index (χ3n) is 6.32. The number of nitrogens with one attached hydrogen (secondary N) is 2. The van der Waals surface area contributed by atoms with Crippen LogP contribution in [0.1, 0.15) is 43.7 Å². The molecular formula is C22H29N3O2S. The lowest BCUT2D eigenvalue weighted by molar-refractivity contribution is 0.332. The average molecular weight is 400 g/mol. The number of nitrogens with zero attached hydrogens (tertiary/aromatic N) is 1. The van der Waals surface area contributed by atoms with Crippen molar-refractivity contribution in [2.75, 3.05) is 11.9 Å². The number of aromatic nitrogens is 1. The Labute approximate surface area is 168 Å². The fraction of sp³-hybridized carbons (Fsp3) is 0.500. The van der Waals surface area contributed by atoms with Crippen LogP contribution in [0.4, 0.5) is 5.69 Å². The van der Waals surface area contributed by atoms with Crippen molar-refractivity contribution in [3.63, 3.8) is 0 Å². The molecule has 28 heavy (non-hydrogen) atoms. The van der Waals surface area contributed by atoms with Gasteiger partial charge in [0.15, 0.2) is 0 Å². The summed E-state index contributed by atoms with van der Waals surface area (Å²) in [6.07, 6.45) is 10.1. The van der Waals surface area contributed by atoms with Crippen LogP contribution >= 0.6 is 0 Å². The SMILES string of the molecule is CCNS(=O)(=O)c1ccc(CC2CC3CCC2C3)c(NCc2ccncc2)c1. The van der Waals surface area contributed by atoms with Crippen LogP contribution in [0, 0.1) is 17.8 Å². The first-order valence-corrected chi connectivity index (χ1v) is 11.8. The van der Waals surface area contributed by atoms with E-state index < -0.39 is 10.0 Å². The molecule has 150 valence electrons. The Balaban J connectivity index is 1.58. The zero-order valence-electron chi connectivity index (χ0n) is 16.4. The van der Waals surface area contributed by atoms with Crippen LogP contribution < -0.4 is 10.0 Å². The van der Waals surface area contributed by atoms with Gasteiger partial charge in [-0.15, -0.1) is 0 Å². The van der Waals surface area contributed by atoms with Gasteiger partial charge in [0.1, 0.15) is 0 Å². The van der Waals surface area contributed by atoms with Crippen molar-refractivity contribution in [1.29, 1.82) is 0 Å². The fourth-order valence-corrected chi connectivity index (χ4v) is 6.01. The lowest BCUT2D eigenvalue weighted by atomic mass is 9.84. The van der Waals surface area contributed by atoms with Gasteiger partial charge in [0.25, 0.3) is 0 Å². The van der Waals surface area contributed by atoms with E-state index in [2.05, 4.69) is 15.0 Å². The molecule has 0 spiro atoms. The minimum Gasteiger partial charge on any atom is -0.381 e. The molecule has 5 nitrogen and oxygen atoms in total. The number of hydrogen-bond acceptors (Lipinski definition) is 4. The fourth-order valence-electron chi connectivity index (χ4n) is 4.95. The Morgan fingerprint density at radius 2 is 1.93 bits per heavy atom. The van der Waals surface area contributed by atoms with Crippen molar-refractivity contribution < 1.29 is 8.42 Å². The average Bonchev–Trinajstić information content (AvgIpc) is 3.31. The normalized spacial score (nSPS) is 23.8. The van der Waals surface area contributed by atoms with Gasteiger partial charge in [-0.2, -0.15) is 0 Å². The molecule has 0 amide bonds. The van der Waals surface area contributed by atoms with Crippen molar-refractivity contribution in [3.05, 3.63) is 53.9 Å². The van der Waals surface area contributed by atoms with E-state index in [1.165, 1.54) is 31.2 Å². The first-order chi connectivity index (χ1) is 13.5. The zero-order valence-corrected chi connectivity index (χ0v) is 17.2. The molecule has 0 aliphatic heterocycles. The van der Waals surface area contributed by atoms with E-state index in [1.54, 1.807) is 31.5 Å². The monoisotopic (exact) mass is 399 g/mol. The van der Waals surface area contributed by atoms with Crippen molar-refractivity contribution in [2.24, 2.45) is 17.8 Å². The number of hydrogen-bond donors (Lipinski definition) is 2. The first kappa shape index (κ1) is 19.4. The summed E-state index contributed by atoms with van der Waals surface area (Å²) in [5.74, 6) is 2.50. The summed E-state index contributed by atoms with van der Waals surface area (Å²) in [4.78, 5) is 4.38. The van der Waals surface area contributed by atoms with Crippen molar-refractivity contribution in [3.8, 4) is 0 Å². The lowest BCUT2D eigenvalue weighted by Gasteiger charge is -2.23. The Kier molecular flexibility index (Phi) is 5.69. The largest absolute Gasteiger partial charge is 0.381 e. The molecule has 6 heteroatoms. The second-order valence-corrected chi connectivity index (χ2v) is 9.94. The van der Waals surface area contributed by atoms with Crippen LogP contribution in [0.15, 0.2) is 47.6 Å². The van der Waals surface area contributed by atoms with Gasteiger partial charge < -0.3 is 5.32 Å². The number of anilines is 1. The summed E-state index contributed by atoms with van der Waals surface area (Å²) in [5, 5.41) is 3.48. The van der Waals surface area contributed by atoms with Gasteiger partial charge in [-0.3, -0.25) is 4.98 Å². The molecule has 0 radical (unpaired) electrons. The standard InChI is InChI=1S/C22H29N3O2S/c1-2-25-28(26,27)21-6-5-19(13-20-12-17-3-4-18(20)11-17)22(14-21)24-15-16-7-9-23-10-8-16/h5-10,14,17-18,20,24-25H,2-4,11-13,15H2,1H3. The Hall–Kier alpha value is -1.92. The molecule has 1 aromatic heterocycles. The quantitative estimate of drug-likeness (QED) is 0.705. The highest BCUT2D eigenvalue weighted by Gasteiger charge is 2.39. The predicted octanol–water partition coefficient (Wildman–Crippen LogP) is 3.97. The van der Waals surface area contributed by atoms with Gasteiger partial charge in [0.05, 0.1) is 4.90 Å². The molecule has 2 fully saturated rings. The van der Waals surface area contributed by atoms with Crippen molar-refractivity contribution in [1.82, 2.24) is 9.71 Å². The van der Waals surface area contributed by atoms with Crippen molar-refractivity contribution >= 4 is 15.7 Å². The minimum absolute atomic E-state index is 0.322. The molecule has 2 aliphatic carbocycles. The van der Waals surface area contributed by atoms with Crippen LogP contribution in [-0.4, -0.2) is 19.9 Å². The smallest absolute Gasteiger partial charge is 0.240 e. The molecule has 2 saturated carbocycles. The van der Waals surface area contributed by atoms with Crippen LogP contribution in [0.5, 0.6) is 0 Å². The van der Waals surface area contributed by atoms with Gasteiger partial charge in [-0.1, -0.05) is 19.4 Å². The van der Waals surface area contributed by atoms with E-state index in [-0.39, 0.29) is 0 Å². The Morgan fingerprint density at radius 1 is 1.11 bits per heavy atom. The maximum Gasteiger partial charge on any atom is 0.240 e. The Bertz CT molecular complexity index is 915. The minimum atomic E-state index is -3.47. The number of sulfonamides is 1. The molecule has 4 rings (SSSR count). The van der Waals surface area contributed by atoms with E-state index in [1.807, 2.05) is 18.2 Å². The van der Waals surface area contributed by atoms with Crippen LogP contribution in [0.3, 0.4) is 0 Å². The van der Waals surface area contributed by atoms with Crippen LogP contribution in [-0.2, 0) is 23.0 Å². The molecule has 1 aromatic carbocycles. The highest BCUT2D eigenvalue weighted by atomic mass is 32.2. The third kappa shape index (κ3) is 4.23. The molecular weight excluding hydrogens is 370 g/mol. The number of fused-ring (bicyclic) bond motifs is 2. The predicted molar refractivity (Wildman–Crippen MR) is 112 cm³/mol. The maximum atomic E-state index is 12.5. The number of rotatable bonds is 8. The second kappa shape index (κ2) is 8.21. The molecule has 1 heterocycles. The summed E-state index contributed by atoms with van der Waals surface area (Å²) in [6.45, 7) is 2.83. The number of benzene rings is 1. The highest BCUT2D eigenvalue weighted by molar-refractivity contribution is 7.89. The van der Waals surface area contributed by atoms with E-state index in [9.17, 15) is 8.42 Å². The van der Waals surface area contributed by atoms with Gasteiger partial charge in [0, 0.05) is 31.2 Å². The van der Waals surface area contributed by atoms with Gasteiger partial charge in [0.2, 0.25) is 10.0 Å². The van der Waals surface area contributed by atoms with E-state index in [0.717, 1.165) is 35.4 Å². The zero-order chi connectivity index (χ0) is 19.6. The molecule has 2 aliphatic rings. The Morgan fingerprint density at radius 3 is 2.61 bits per heavy atom. The summed E-state index contributed by atoms with van der Waals surface area (Å²) in [7, 11) is -3.47. The summed E-state index contributed by atoms with van der Waals surface area (Å²) < 4.78 is 27.5. The van der Waals surface area contributed by atoms with Crippen LogP contribution in [0.2, 0.25) is 0 Å². The molecule has 0 saturated heterocycles. The molecule has 2 aromatic rings. The van der Waals surface area contributed by atoms with E-state index in [4.69, 9.17) is 0 Å². The molecule has 2 bridgehead atoms. The van der Waals surface area contributed by atoms with Crippen molar-refractivity contribution in [2.45, 2.75) is 50.5 Å². The van der Waals surface area contributed by atoms with Gasteiger partial charge >= 0.3 is 0 Å². The highest BCUT2D eigenvalue weighted by Crippen LogP contribution is 2.49. The van der Waals surface area contributed by atoms with Crippen LogP contribution in [0.25, 0.3) is 0 Å². The topological polar surface area (TPSA) is 71.1 Å². The lowest BCUT2D eigenvalue weighted by Crippen LogP contribution is -2.23. The third-order valence-corrected chi connectivity index (χ3v) is 7.87.